The lowest BCUT2D eigenvalue weighted by molar-refractivity contribution is -0.122. The molecular formula is C18H21N3O2S. The first-order valence-electron chi connectivity index (χ1n) is 8.19. The van der Waals surface area contributed by atoms with Gasteiger partial charge in [-0.2, -0.15) is 0 Å². The number of nitrogens with zero attached hydrogens (tertiary/aromatic N) is 2. The predicted octanol–water partition coefficient (Wildman–Crippen LogP) is 2.35. The first-order chi connectivity index (χ1) is 11.7. The second-order valence-electron chi connectivity index (χ2n) is 6.01. The van der Waals surface area contributed by atoms with Gasteiger partial charge in [-0.05, 0) is 43.0 Å². The molecule has 3 rings (SSSR count). The van der Waals surface area contributed by atoms with Gasteiger partial charge in [0.25, 0.3) is 0 Å². The molecule has 0 saturated carbocycles. The summed E-state index contributed by atoms with van der Waals surface area (Å²) in [7, 11) is 0. The van der Waals surface area contributed by atoms with E-state index in [2.05, 4.69) is 15.2 Å². The number of nitrogens with one attached hydrogen (secondary N) is 1. The number of carbonyl (C=O) groups is 2. The van der Waals surface area contributed by atoms with Gasteiger partial charge in [-0.3, -0.25) is 19.5 Å². The summed E-state index contributed by atoms with van der Waals surface area (Å²) in [5.41, 5.74) is 0.520. The van der Waals surface area contributed by atoms with Gasteiger partial charge >= 0.3 is 0 Å². The van der Waals surface area contributed by atoms with Crippen molar-refractivity contribution in [1.29, 1.82) is 0 Å². The van der Waals surface area contributed by atoms with E-state index < -0.39 is 0 Å². The second kappa shape index (κ2) is 8.17. The maximum atomic E-state index is 12.5. The lowest BCUT2D eigenvalue weighted by Crippen LogP contribution is -2.44. The van der Waals surface area contributed by atoms with Crippen LogP contribution < -0.4 is 5.32 Å². The third-order valence-electron chi connectivity index (χ3n) is 4.20. The molecule has 0 spiro atoms. The fourth-order valence-corrected chi connectivity index (χ4v) is 3.63. The van der Waals surface area contributed by atoms with Gasteiger partial charge in [0.05, 0.1) is 13.1 Å². The maximum Gasteiger partial charge on any atom is 0.234 e. The minimum Gasteiger partial charge on any atom is -0.350 e. The van der Waals surface area contributed by atoms with Crippen molar-refractivity contribution in [3.8, 4) is 0 Å². The van der Waals surface area contributed by atoms with Crippen molar-refractivity contribution in [1.82, 2.24) is 15.2 Å². The molecule has 1 amide bonds. The van der Waals surface area contributed by atoms with Gasteiger partial charge < -0.3 is 5.32 Å². The van der Waals surface area contributed by atoms with Crippen LogP contribution >= 0.6 is 11.3 Å². The van der Waals surface area contributed by atoms with Crippen molar-refractivity contribution in [2.45, 2.75) is 19.4 Å². The lowest BCUT2D eigenvalue weighted by Gasteiger charge is -2.31. The highest BCUT2D eigenvalue weighted by atomic mass is 32.1. The molecule has 1 N–H and O–H groups in total. The van der Waals surface area contributed by atoms with Crippen LogP contribution in [0.15, 0.2) is 41.9 Å². The van der Waals surface area contributed by atoms with E-state index in [-0.39, 0.29) is 17.6 Å². The molecule has 1 aliphatic heterocycles. The quantitative estimate of drug-likeness (QED) is 0.818. The molecule has 2 aromatic rings. The Morgan fingerprint density at radius 1 is 1.29 bits per heavy atom. The molecule has 1 aliphatic rings. The van der Waals surface area contributed by atoms with E-state index in [0.717, 1.165) is 24.3 Å². The summed E-state index contributed by atoms with van der Waals surface area (Å²) < 4.78 is 0. The van der Waals surface area contributed by atoms with E-state index >= 15 is 0 Å². The molecule has 1 saturated heterocycles. The minimum absolute atomic E-state index is 0.00864. The Bertz CT molecular complexity index is 673. The highest BCUT2D eigenvalue weighted by molar-refractivity contribution is 7.09. The summed E-state index contributed by atoms with van der Waals surface area (Å²) in [5, 5.41) is 4.94. The second-order valence-corrected chi connectivity index (χ2v) is 7.04. The van der Waals surface area contributed by atoms with Crippen LogP contribution in [-0.2, 0) is 11.3 Å². The molecule has 24 heavy (non-hydrogen) atoms. The van der Waals surface area contributed by atoms with Crippen LogP contribution in [-0.4, -0.2) is 41.2 Å². The molecule has 0 aromatic carbocycles. The topological polar surface area (TPSA) is 62.3 Å². The van der Waals surface area contributed by atoms with Crippen LogP contribution in [0.4, 0.5) is 0 Å². The molecule has 6 heteroatoms. The minimum atomic E-state index is -0.0706. The Morgan fingerprint density at radius 3 is 2.96 bits per heavy atom. The average molecular weight is 343 g/mol. The predicted molar refractivity (Wildman–Crippen MR) is 93.9 cm³/mol. The summed E-state index contributed by atoms with van der Waals surface area (Å²) in [4.78, 5) is 32.0. The molecule has 126 valence electrons. The molecule has 1 fully saturated rings. The van der Waals surface area contributed by atoms with E-state index in [1.54, 1.807) is 23.6 Å². The van der Waals surface area contributed by atoms with E-state index in [0.29, 0.717) is 25.3 Å². The van der Waals surface area contributed by atoms with Crippen molar-refractivity contribution in [3.63, 3.8) is 0 Å². The zero-order valence-corrected chi connectivity index (χ0v) is 14.3. The number of pyridine rings is 1. The number of Topliss-reactive ketones (excluding diaryl/α,β-unsaturated/α-hetero) is 1. The number of likely N-dealkylation sites (tertiary alicyclic amines) is 1. The SMILES string of the molecule is O=C(CN1CCCC(C(=O)c2ccccn2)C1)NCc1cccs1. The fraction of sp³-hybridized carbons (Fsp3) is 0.389. The normalized spacial score (nSPS) is 18.2. The van der Waals surface area contributed by atoms with Gasteiger partial charge in [0.1, 0.15) is 5.69 Å². The Hall–Kier alpha value is -2.05. The highest BCUT2D eigenvalue weighted by Gasteiger charge is 2.28. The Labute approximate surface area is 145 Å². The smallest absolute Gasteiger partial charge is 0.234 e. The van der Waals surface area contributed by atoms with Crippen LogP contribution in [0, 0.1) is 5.92 Å². The number of carbonyl (C=O) groups excluding carboxylic acids is 2. The van der Waals surface area contributed by atoms with E-state index in [1.807, 2.05) is 29.6 Å². The largest absolute Gasteiger partial charge is 0.350 e. The Balaban J connectivity index is 1.50. The van der Waals surface area contributed by atoms with Gasteiger partial charge in [0.15, 0.2) is 5.78 Å². The Kier molecular flexibility index (Phi) is 5.72. The van der Waals surface area contributed by atoms with Crippen LogP contribution in [0.5, 0.6) is 0 Å². The number of aromatic nitrogens is 1. The van der Waals surface area contributed by atoms with Gasteiger partial charge in [-0.15, -0.1) is 11.3 Å². The number of ketones is 1. The van der Waals surface area contributed by atoms with Gasteiger partial charge in [-0.1, -0.05) is 12.1 Å². The number of piperidine rings is 1. The number of amides is 1. The Morgan fingerprint density at radius 2 is 2.21 bits per heavy atom. The zero-order chi connectivity index (χ0) is 16.8. The van der Waals surface area contributed by atoms with Crippen molar-refractivity contribution >= 4 is 23.0 Å². The number of hydrogen-bond acceptors (Lipinski definition) is 5. The van der Waals surface area contributed by atoms with Crippen LogP contribution in [0.25, 0.3) is 0 Å². The molecule has 2 aromatic heterocycles. The summed E-state index contributed by atoms with van der Waals surface area (Å²) in [5.74, 6) is 0.0207. The van der Waals surface area contributed by atoms with Crippen LogP contribution in [0.1, 0.15) is 28.2 Å². The first-order valence-corrected chi connectivity index (χ1v) is 9.07. The third-order valence-corrected chi connectivity index (χ3v) is 5.08. The zero-order valence-electron chi connectivity index (χ0n) is 13.5. The molecule has 0 bridgehead atoms. The van der Waals surface area contributed by atoms with Crippen molar-refractivity contribution in [3.05, 3.63) is 52.5 Å². The summed E-state index contributed by atoms with van der Waals surface area (Å²) >= 11 is 1.63. The highest BCUT2D eigenvalue weighted by Crippen LogP contribution is 2.20. The first kappa shape index (κ1) is 16.8. The van der Waals surface area contributed by atoms with E-state index in [4.69, 9.17) is 0 Å². The van der Waals surface area contributed by atoms with Crippen molar-refractivity contribution in [2.75, 3.05) is 19.6 Å². The number of hydrogen-bond donors (Lipinski definition) is 1. The molecule has 0 aliphatic carbocycles. The lowest BCUT2D eigenvalue weighted by atomic mass is 9.92. The number of thiophene rings is 1. The van der Waals surface area contributed by atoms with Crippen LogP contribution in [0.2, 0.25) is 0 Å². The summed E-state index contributed by atoms with van der Waals surface area (Å²) in [6, 6.07) is 9.38. The van der Waals surface area contributed by atoms with Crippen LogP contribution in [0.3, 0.4) is 0 Å². The average Bonchev–Trinajstić information content (AvgIpc) is 3.14. The van der Waals surface area contributed by atoms with Crippen molar-refractivity contribution in [2.24, 2.45) is 5.92 Å². The van der Waals surface area contributed by atoms with Gasteiger partial charge in [-0.25, -0.2) is 0 Å². The third kappa shape index (κ3) is 4.49. The molecule has 0 radical (unpaired) electrons. The monoisotopic (exact) mass is 343 g/mol. The maximum absolute atomic E-state index is 12.5. The molecule has 1 unspecified atom stereocenters. The molecule has 5 nitrogen and oxygen atoms in total. The van der Waals surface area contributed by atoms with E-state index in [1.165, 1.54) is 0 Å². The molecule has 3 heterocycles. The number of rotatable bonds is 6. The molecule has 1 atom stereocenters. The molecular weight excluding hydrogens is 322 g/mol. The van der Waals surface area contributed by atoms with Gasteiger partial charge in [0.2, 0.25) is 5.91 Å². The summed E-state index contributed by atoms with van der Waals surface area (Å²) in [6.07, 6.45) is 3.44. The van der Waals surface area contributed by atoms with E-state index in [9.17, 15) is 9.59 Å². The standard InChI is InChI=1S/C18H21N3O2S/c22-17(20-11-15-6-4-10-24-15)13-21-9-3-5-14(12-21)18(23)16-7-1-2-8-19-16/h1-2,4,6-8,10,14H,3,5,9,11-13H2,(H,20,22). The summed E-state index contributed by atoms with van der Waals surface area (Å²) in [6.45, 7) is 2.40. The fourth-order valence-electron chi connectivity index (χ4n) is 2.99. The van der Waals surface area contributed by atoms with Gasteiger partial charge in [0, 0.05) is 23.5 Å². The van der Waals surface area contributed by atoms with Crippen molar-refractivity contribution < 1.29 is 9.59 Å².